The molecule has 2 aromatic carbocycles. The van der Waals surface area contributed by atoms with Crippen LogP contribution in [0.1, 0.15) is 18.9 Å². The van der Waals surface area contributed by atoms with Crippen LogP contribution in [0.25, 0.3) is 0 Å². The minimum atomic E-state index is -0.459. The molecule has 2 rings (SSSR count). The number of carbonyl (C=O) groups excluding carboxylic acids is 1. The van der Waals surface area contributed by atoms with E-state index in [0.717, 1.165) is 11.4 Å². The highest BCUT2D eigenvalue weighted by Crippen LogP contribution is 2.20. The van der Waals surface area contributed by atoms with E-state index in [2.05, 4.69) is 15.8 Å². The first kappa shape index (κ1) is 18.1. The van der Waals surface area contributed by atoms with Gasteiger partial charge in [-0.2, -0.15) is 5.10 Å². The van der Waals surface area contributed by atoms with Gasteiger partial charge in [0.1, 0.15) is 23.3 Å². The highest BCUT2D eigenvalue weighted by atomic mass is 16.5. The van der Waals surface area contributed by atoms with Crippen molar-refractivity contribution in [3.05, 3.63) is 48.0 Å². The largest absolute Gasteiger partial charge is 0.508 e. The summed E-state index contributed by atoms with van der Waals surface area (Å²) in [5, 5.41) is 25.9. The van der Waals surface area contributed by atoms with Crippen molar-refractivity contribution in [2.45, 2.75) is 19.4 Å². The first-order valence-electron chi connectivity index (χ1n) is 7.79. The lowest BCUT2D eigenvalue weighted by molar-refractivity contribution is -0.121. The smallest absolute Gasteiger partial charge is 0.262 e. The number of hydrogen-bond donors (Lipinski definition) is 4. The molecule has 0 fully saturated rings. The van der Waals surface area contributed by atoms with Gasteiger partial charge in [0, 0.05) is 17.3 Å². The summed E-state index contributed by atoms with van der Waals surface area (Å²) in [4.78, 5) is 12.2. The van der Waals surface area contributed by atoms with E-state index in [4.69, 9.17) is 4.74 Å². The van der Waals surface area contributed by atoms with Gasteiger partial charge in [-0.25, -0.2) is 5.43 Å². The predicted octanol–water partition coefficient (Wildman–Crippen LogP) is 2.45. The first-order chi connectivity index (χ1) is 12.0. The highest BCUT2D eigenvalue weighted by Gasteiger charge is 2.15. The van der Waals surface area contributed by atoms with Crippen LogP contribution < -0.4 is 15.5 Å². The number of methoxy groups -OCH3 is 1. The molecule has 7 heteroatoms. The molecule has 0 saturated carbocycles. The van der Waals surface area contributed by atoms with Crippen LogP contribution in [0.2, 0.25) is 0 Å². The summed E-state index contributed by atoms with van der Waals surface area (Å²) >= 11 is 0. The summed E-state index contributed by atoms with van der Waals surface area (Å²) < 4.78 is 5.10. The summed E-state index contributed by atoms with van der Waals surface area (Å²) in [6, 6.07) is 10.9. The Morgan fingerprint density at radius 1 is 1.24 bits per heavy atom. The summed E-state index contributed by atoms with van der Waals surface area (Å²) in [5.41, 5.74) is 3.61. The zero-order chi connectivity index (χ0) is 18.2. The van der Waals surface area contributed by atoms with Crippen LogP contribution in [-0.2, 0) is 4.79 Å². The van der Waals surface area contributed by atoms with Crippen LogP contribution >= 0.6 is 0 Å². The van der Waals surface area contributed by atoms with Crippen LogP contribution in [0.15, 0.2) is 47.6 Å². The minimum Gasteiger partial charge on any atom is -0.508 e. The average Bonchev–Trinajstić information content (AvgIpc) is 2.61. The van der Waals surface area contributed by atoms with Crippen LogP contribution in [0.3, 0.4) is 0 Å². The topological polar surface area (TPSA) is 103 Å². The number of phenolic OH excluding ortho intramolecular Hbond substituents is 2. The van der Waals surface area contributed by atoms with Gasteiger partial charge in [-0.05, 0) is 42.8 Å². The average molecular weight is 343 g/mol. The fourth-order valence-corrected chi connectivity index (χ4v) is 2.13. The Kier molecular flexibility index (Phi) is 6.22. The van der Waals surface area contributed by atoms with Gasteiger partial charge in [0.05, 0.1) is 13.3 Å². The van der Waals surface area contributed by atoms with E-state index in [9.17, 15) is 15.0 Å². The van der Waals surface area contributed by atoms with Crippen molar-refractivity contribution < 1.29 is 19.7 Å². The normalized spacial score (nSPS) is 11.9. The molecule has 0 unspecified atom stereocenters. The second kappa shape index (κ2) is 8.58. The number of aromatic hydroxyl groups is 2. The maximum Gasteiger partial charge on any atom is 0.262 e. The molecular formula is C18H21N3O4. The van der Waals surface area contributed by atoms with Gasteiger partial charge in [-0.15, -0.1) is 0 Å². The van der Waals surface area contributed by atoms with Gasteiger partial charge in [0.15, 0.2) is 0 Å². The van der Waals surface area contributed by atoms with E-state index in [1.807, 2.05) is 19.1 Å². The molecule has 1 amide bonds. The molecule has 7 nitrogen and oxygen atoms in total. The Hall–Kier alpha value is -3.22. The second-order valence-corrected chi connectivity index (χ2v) is 5.31. The molecule has 25 heavy (non-hydrogen) atoms. The maximum atomic E-state index is 12.2. The molecule has 0 aromatic heterocycles. The molecule has 0 heterocycles. The van der Waals surface area contributed by atoms with Crippen LogP contribution in [0.5, 0.6) is 17.2 Å². The molecule has 0 spiro atoms. The van der Waals surface area contributed by atoms with Crippen molar-refractivity contribution in [2.75, 3.05) is 12.4 Å². The Labute approximate surface area is 146 Å². The molecule has 0 aliphatic heterocycles. The van der Waals surface area contributed by atoms with Crippen molar-refractivity contribution in [3.8, 4) is 17.2 Å². The van der Waals surface area contributed by atoms with Gasteiger partial charge in [-0.1, -0.05) is 6.92 Å². The Bertz CT molecular complexity index is 744. The summed E-state index contributed by atoms with van der Waals surface area (Å²) in [5.74, 6) is 0.268. The van der Waals surface area contributed by atoms with Gasteiger partial charge >= 0.3 is 0 Å². The second-order valence-electron chi connectivity index (χ2n) is 5.31. The van der Waals surface area contributed by atoms with Crippen LogP contribution in [-0.4, -0.2) is 35.5 Å². The zero-order valence-electron chi connectivity index (χ0n) is 14.1. The number of hydrogen-bond acceptors (Lipinski definition) is 6. The number of nitrogens with one attached hydrogen (secondary N) is 2. The highest BCUT2D eigenvalue weighted by molar-refractivity contribution is 5.88. The number of nitrogens with zero attached hydrogens (tertiary/aromatic N) is 1. The SMILES string of the molecule is CC[C@H](Nc1ccc(OC)cc1)C(=O)NN=Cc1ccc(O)cc1O. The number of amides is 1. The van der Waals surface area contributed by atoms with Crippen molar-refractivity contribution in [3.63, 3.8) is 0 Å². The van der Waals surface area contributed by atoms with E-state index >= 15 is 0 Å². The van der Waals surface area contributed by atoms with Crippen molar-refractivity contribution in [2.24, 2.45) is 5.10 Å². The third-order valence-electron chi connectivity index (χ3n) is 3.55. The van der Waals surface area contributed by atoms with Crippen LogP contribution in [0.4, 0.5) is 5.69 Å². The Balaban J connectivity index is 1.95. The van der Waals surface area contributed by atoms with Gasteiger partial charge in [0.25, 0.3) is 5.91 Å². The molecule has 0 aliphatic rings. The molecule has 0 aliphatic carbocycles. The number of anilines is 1. The Morgan fingerprint density at radius 2 is 1.96 bits per heavy atom. The number of phenols is 2. The summed E-state index contributed by atoms with van der Waals surface area (Å²) in [6.07, 6.45) is 1.88. The third-order valence-corrected chi connectivity index (χ3v) is 3.55. The van der Waals surface area contributed by atoms with E-state index in [1.54, 1.807) is 19.2 Å². The zero-order valence-corrected chi connectivity index (χ0v) is 14.1. The first-order valence-corrected chi connectivity index (χ1v) is 7.79. The standard InChI is InChI=1S/C18H21N3O4/c1-3-16(20-13-5-8-15(25-2)9-6-13)18(24)21-19-11-12-4-7-14(22)10-17(12)23/h4-11,16,20,22-23H,3H2,1-2H3,(H,21,24)/t16-/m0/s1. The third kappa shape index (κ3) is 5.13. The van der Waals surface area contributed by atoms with Gasteiger partial charge < -0.3 is 20.3 Å². The monoisotopic (exact) mass is 343 g/mol. The quantitative estimate of drug-likeness (QED) is 0.457. The van der Waals surface area contributed by atoms with Crippen LogP contribution in [0, 0.1) is 0 Å². The van der Waals surface area contributed by atoms with Crippen molar-refractivity contribution in [1.29, 1.82) is 0 Å². The van der Waals surface area contributed by atoms with Gasteiger partial charge in [0.2, 0.25) is 0 Å². The molecule has 0 radical (unpaired) electrons. The number of rotatable bonds is 7. The number of hydrazone groups is 1. The molecule has 1 atom stereocenters. The summed E-state index contributed by atoms with van der Waals surface area (Å²) in [6.45, 7) is 1.89. The summed E-state index contributed by atoms with van der Waals surface area (Å²) in [7, 11) is 1.59. The van der Waals surface area contributed by atoms with Crippen molar-refractivity contribution >= 4 is 17.8 Å². The number of benzene rings is 2. The fourth-order valence-electron chi connectivity index (χ4n) is 2.13. The minimum absolute atomic E-state index is 0.0478. The van der Waals surface area contributed by atoms with E-state index < -0.39 is 6.04 Å². The maximum absolute atomic E-state index is 12.2. The number of carbonyl (C=O) groups is 1. The predicted molar refractivity (Wildman–Crippen MR) is 96.2 cm³/mol. The van der Waals surface area contributed by atoms with E-state index in [0.29, 0.717) is 12.0 Å². The van der Waals surface area contributed by atoms with Gasteiger partial charge in [-0.3, -0.25) is 4.79 Å². The Morgan fingerprint density at radius 3 is 2.56 bits per heavy atom. The lowest BCUT2D eigenvalue weighted by Gasteiger charge is -2.16. The van der Waals surface area contributed by atoms with Crippen molar-refractivity contribution in [1.82, 2.24) is 5.43 Å². The molecule has 132 valence electrons. The fraction of sp³-hybridized carbons (Fsp3) is 0.222. The lowest BCUT2D eigenvalue weighted by atomic mass is 10.2. The number of ether oxygens (including phenoxy) is 1. The molecule has 0 bridgehead atoms. The van der Waals surface area contributed by atoms with E-state index in [1.165, 1.54) is 24.4 Å². The molecule has 0 saturated heterocycles. The molecule has 4 N–H and O–H groups in total. The molecular weight excluding hydrogens is 322 g/mol. The lowest BCUT2D eigenvalue weighted by Crippen LogP contribution is -2.36. The molecule has 2 aromatic rings. The van der Waals surface area contributed by atoms with E-state index in [-0.39, 0.29) is 17.4 Å².